The van der Waals surface area contributed by atoms with Gasteiger partial charge in [0.2, 0.25) is 0 Å². The van der Waals surface area contributed by atoms with Gasteiger partial charge in [-0.2, -0.15) is 0 Å². The van der Waals surface area contributed by atoms with Crippen LogP contribution in [0.5, 0.6) is 5.75 Å². The second kappa shape index (κ2) is 3.99. The van der Waals surface area contributed by atoms with E-state index in [0.717, 1.165) is 26.8 Å². The molecule has 4 heteroatoms. The molecule has 0 radical (unpaired) electrons. The van der Waals surface area contributed by atoms with Gasteiger partial charge in [-0.3, -0.25) is 4.98 Å². The summed E-state index contributed by atoms with van der Waals surface area (Å²) in [6.45, 7) is 1.93. The van der Waals surface area contributed by atoms with Crippen molar-refractivity contribution in [1.82, 2.24) is 4.98 Å². The van der Waals surface area contributed by atoms with Crippen molar-refractivity contribution in [3.8, 4) is 5.75 Å². The Morgan fingerprint density at radius 2 is 2.07 bits per heavy atom. The molecule has 15 heavy (non-hydrogen) atoms. The van der Waals surface area contributed by atoms with Crippen molar-refractivity contribution in [2.45, 2.75) is 6.92 Å². The van der Waals surface area contributed by atoms with Crippen molar-refractivity contribution in [2.24, 2.45) is 0 Å². The number of aryl methyl sites for hydroxylation is 1. The standard InChI is InChI=1S/C11H9BrClNO/c1-6-3-10(15-2)8-4-7(13)5-9(12)11(8)14-6/h3-5H,1-2H3. The lowest BCUT2D eigenvalue weighted by Gasteiger charge is -2.08. The molecule has 0 spiro atoms. The highest BCUT2D eigenvalue weighted by molar-refractivity contribution is 9.10. The van der Waals surface area contributed by atoms with Gasteiger partial charge in [0.05, 0.1) is 12.6 Å². The number of rotatable bonds is 1. The van der Waals surface area contributed by atoms with E-state index in [0.29, 0.717) is 5.02 Å². The van der Waals surface area contributed by atoms with Crippen LogP contribution in [0.1, 0.15) is 5.69 Å². The van der Waals surface area contributed by atoms with E-state index in [4.69, 9.17) is 16.3 Å². The summed E-state index contributed by atoms with van der Waals surface area (Å²) in [6, 6.07) is 5.58. The van der Waals surface area contributed by atoms with Gasteiger partial charge in [0, 0.05) is 26.6 Å². The summed E-state index contributed by atoms with van der Waals surface area (Å²) in [5.74, 6) is 0.792. The van der Waals surface area contributed by atoms with Crippen LogP contribution in [0.4, 0.5) is 0 Å². The van der Waals surface area contributed by atoms with Crippen LogP contribution < -0.4 is 4.74 Å². The summed E-state index contributed by atoms with van der Waals surface area (Å²) >= 11 is 9.42. The fourth-order valence-corrected chi connectivity index (χ4v) is 2.41. The van der Waals surface area contributed by atoms with E-state index < -0.39 is 0 Å². The minimum Gasteiger partial charge on any atom is -0.496 e. The Bertz CT molecular complexity index is 527. The van der Waals surface area contributed by atoms with E-state index in [1.807, 2.05) is 25.1 Å². The number of aromatic nitrogens is 1. The Labute approximate surface area is 101 Å². The molecule has 1 aromatic carbocycles. The highest BCUT2D eigenvalue weighted by Gasteiger charge is 2.08. The van der Waals surface area contributed by atoms with E-state index >= 15 is 0 Å². The summed E-state index contributed by atoms with van der Waals surface area (Å²) in [5, 5.41) is 1.58. The Hall–Kier alpha value is -0.800. The SMILES string of the molecule is COc1cc(C)nc2c(Br)cc(Cl)cc12. The Morgan fingerprint density at radius 1 is 1.33 bits per heavy atom. The maximum atomic E-state index is 5.98. The minimum absolute atomic E-state index is 0.665. The zero-order valence-corrected chi connectivity index (χ0v) is 10.7. The van der Waals surface area contributed by atoms with Crippen LogP contribution in [-0.2, 0) is 0 Å². The van der Waals surface area contributed by atoms with Crippen molar-refractivity contribution in [3.63, 3.8) is 0 Å². The van der Waals surface area contributed by atoms with E-state index in [1.54, 1.807) is 7.11 Å². The summed E-state index contributed by atoms with van der Waals surface area (Å²) in [6.07, 6.45) is 0. The molecule has 0 aliphatic rings. The molecule has 2 rings (SSSR count). The zero-order chi connectivity index (χ0) is 11.0. The third kappa shape index (κ3) is 1.94. The molecule has 0 atom stereocenters. The zero-order valence-electron chi connectivity index (χ0n) is 8.34. The molecule has 2 nitrogen and oxygen atoms in total. The van der Waals surface area contributed by atoms with Gasteiger partial charge in [0.15, 0.2) is 0 Å². The number of pyridine rings is 1. The Balaban J connectivity index is 2.89. The lowest BCUT2D eigenvalue weighted by Crippen LogP contribution is -1.91. The highest BCUT2D eigenvalue weighted by atomic mass is 79.9. The van der Waals surface area contributed by atoms with Gasteiger partial charge in [-0.1, -0.05) is 11.6 Å². The number of hydrogen-bond acceptors (Lipinski definition) is 2. The number of ether oxygens (including phenoxy) is 1. The fraction of sp³-hybridized carbons (Fsp3) is 0.182. The lowest BCUT2D eigenvalue weighted by atomic mass is 10.2. The van der Waals surface area contributed by atoms with Crippen LogP contribution in [0, 0.1) is 6.92 Å². The van der Waals surface area contributed by atoms with Crippen molar-refractivity contribution in [2.75, 3.05) is 7.11 Å². The van der Waals surface area contributed by atoms with Crippen LogP contribution >= 0.6 is 27.5 Å². The predicted molar refractivity (Wildman–Crippen MR) is 65.7 cm³/mol. The van der Waals surface area contributed by atoms with Crippen molar-refractivity contribution in [3.05, 3.63) is 33.4 Å². The molecular formula is C11H9BrClNO. The van der Waals surface area contributed by atoms with E-state index in [-0.39, 0.29) is 0 Å². The fourth-order valence-electron chi connectivity index (χ4n) is 1.51. The molecule has 0 fully saturated rings. The lowest BCUT2D eigenvalue weighted by molar-refractivity contribution is 0.419. The quantitative estimate of drug-likeness (QED) is 0.791. The van der Waals surface area contributed by atoms with Crippen LogP contribution in [-0.4, -0.2) is 12.1 Å². The number of halogens is 2. The van der Waals surface area contributed by atoms with Gasteiger partial charge in [0.1, 0.15) is 5.75 Å². The smallest absolute Gasteiger partial charge is 0.130 e. The minimum atomic E-state index is 0.665. The normalized spacial score (nSPS) is 10.7. The number of fused-ring (bicyclic) bond motifs is 1. The third-order valence-corrected chi connectivity index (χ3v) is 2.96. The molecule has 2 aromatic rings. The summed E-state index contributed by atoms with van der Waals surface area (Å²) in [5.41, 5.74) is 1.79. The Kier molecular flexibility index (Phi) is 2.85. The molecular weight excluding hydrogens is 277 g/mol. The molecule has 78 valence electrons. The van der Waals surface area contributed by atoms with Gasteiger partial charge < -0.3 is 4.74 Å². The predicted octanol–water partition coefficient (Wildman–Crippen LogP) is 3.97. The first-order valence-electron chi connectivity index (χ1n) is 4.42. The molecule has 0 bridgehead atoms. The molecule has 0 aliphatic carbocycles. The van der Waals surface area contributed by atoms with Crippen LogP contribution in [0.2, 0.25) is 5.02 Å². The van der Waals surface area contributed by atoms with Gasteiger partial charge in [-0.25, -0.2) is 0 Å². The van der Waals surface area contributed by atoms with E-state index in [2.05, 4.69) is 20.9 Å². The van der Waals surface area contributed by atoms with Crippen LogP contribution in [0.3, 0.4) is 0 Å². The molecule has 0 saturated carbocycles. The first-order valence-corrected chi connectivity index (χ1v) is 5.59. The average molecular weight is 287 g/mol. The van der Waals surface area contributed by atoms with Gasteiger partial charge in [-0.15, -0.1) is 0 Å². The maximum Gasteiger partial charge on any atom is 0.130 e. The van der Waals surface area contributed by atoms with Crippen LogP contribution in [0.25, 0.3) is 10.9 Å². The first kappa shape index (κ1) is 10.7. The molecule has 0 saturated heterocycles. The molecule has 1 heterocycles. The van der Waals surface area contributed by atoms with Crippen LogP contribution in [0.15, 0.2) is 22.7 Å². The molecule has 0 unspecified atom stereocenters. The molecule has 0 amide bonds. The highest BCUT2D eigenvalue weighted by Crippen LogP contribution is 2.33. The summed E-state index contributed by atoms with van der Waals surface area (Å²) in [7, 11) is 1.64. The monoisotopic (exact) mass is 285 g/mol. The molecule has 0 N–H and O–H groups in total. The second-order valence-corrected chi connectivity index (χ2v) is 4.54. The van der Waals surface area contributed by atoms with Crippen molar-refractivity contribution < 1.29 is 4.74 Å². The topological polar surface area (TPSA) is 22.1 Å². The third-order valence-electron chi connectivity index (χ3n) is 2.14. The summed E-state index contributed by atoms with van der Waals surface area (Å²) in [4.78, 5) is 4.44. The van der Waals surface area contributed by atoms with E-state index in [1.165, 1.54) is 0 Å². The number of benzene rings is 1. The maximum absolute atomic E-state index is 5.98. The average Bonchev–Trinajstić information content (AvgIpc) is 2.18. The molecule has 0 aliphatic heterocycles. The van der Waals surface area contributed by atoms with Gasteiger partial charge in [0.25, 0.3) is 0 Å². The second-order valence-electron chi connectivity index (χ2n) is 3.25. The van der Waals surface area contributed by atoms with Crippen molar-refractivity contribution in [1.29, 1.82) is 0 Å². The summed E-state index contributed by atoms with van der Waals surface area (Å²) < 4.78 is 6.18. The number of hydrogen-bond donors (Lipinski definition) is 0. The molecule has 1 aromatic heterocycles. The van der Waals surface area contributed by atoms with Gasteiger partial charge >= 0.3 is 0 Å². The Morgan fingerprint density at radius 3 is 2.73 bits per heavy atom. The largest absolute Gasteiger partial charge is 0.496 e. The van der Waals surface area contributed by atoms with E-state index in [9.17, 15) is 0 Å². The number of methoxy groups -OCH3 is 1. The van der Waals surface area contributed by atoms with Gasteiger partial charge in [-0.05, 0) is 35.0 Å². The first-order chi connectivity index (χ1) is 7.11. The van der Waals surface area contributed by atoms with Crippen molar-refractivity contribution >= 4 is 38.4 Å². The number of nitrogens with zero attached hydrogens (tertiary/aromatic N) is 1.